The normalized spacial score (nSPS) is 17.2. The molecular formula is C22H30F3N9O3. The van der Waals surface area contributed by atoms with Crippen LogP contribution in [0.1, 0.15) is 74.1 Å². The molecule has 0 saturated heterocycles. The van der Waals surface area contributed by atoms with Gasteiger partial charge in [-0.25, -0.2) is 9.48 Å². The predicted molar refractivity (Wildman–Crippen MR) is 123 cm³/mol. The van der Waals surface area contributed by atoms with E-state index < -0.39 is 12.1 Å². The fraction of sp³-hybridized carbons (Fsp3) is 0.682. The summed E-state index contributed by atoms with van der Waals surface area (Å²) < 4.78 is 35.5. The van der Waals surface area contributed by atoms with E-state index in [1.807, 2.05) is 17.8 Å². The van der Waals surface area contributed by atoms with Gasteiger partial charge in [-0.15, -0.1) is 17.4 Å². The van der Waals surface area contributed by atoms with E-state index in [9.17, 15) is 18.3 Å². The maximum atomic E-state index is 10.6. The second-order valence-corrected chi connectivity index (χ2v) is 8.90. The Morgan fingerprint density at radius 3 is 2.57 bits per heavy atom. The third-order valence-corrected chi connectivity index (χ3v) is 6.24. The number of terminal acetylenes is 1. The third-order valence-electron chi connectivity index (χ3n) is 6.24. The van der Waals surface area contributed by atoms with Crippen molar-refractivity contribution in [1.29, 1.82) is 0 Å². The van der Waals surface area contributed by atoms with E-state index in [4.69, 9.17) is 16.3 Å². The number of carboxylic acid groups (broad SMARTS) is 1. The van der Waals surface area contributed by atoms with Gasteiger partial charge in [-0.1, -0.05) is 12.8 Å². The summed E-state index contributed by atoms with van der Waals surface area (Å²) in [6.07, 6.45) is 9.12. The molecule has 2 aromatic rings. The predicted octanol–water partition coefficient (Wildman–Crippen LogP) is 2.56. The summed E-state index contributed by atoms with van der Waals surface area (Å²) >= 11 is 0. The minimum atomic E-state index is -5.08. The van der Waals surface area contributed by atoms with E-state index in [0.717, 1.165) is 42.8 Å². The van der Waals surface area contributed by atoms with Crippen LogP contribution in [0.4, 0.5) is 13.2 Å². The number of nitrogens with one attached hydrogen (secondary N) is 1. The average molecular weight is 526 g/mol. The molecule has 2 aliphatic rings. The van der Waals surface area contributed by atoms with E-state index >= 15 is 0 Å². The second-order valence-electron chi connectivity index (χ2n) is 8.90. The second kappa shape index (κ2) is 12.2. The van der Waals surface area contributed by atoms with Crippen LogP contribution in [0.25, 0.3) is 0 Å². The minimum Gasteiger partial charge on any atom is -0.475 e. The van der Waals surface area contributed by atoms with Gasteiger partial charge in [0.25, 0.3) is 0 Å². The lowest BCUT2D eigenvalue weighted by Crippen LogP contribution is -2.30. The molecule has 1 aliphatic heterocycles. The average Bonchev–Trinajstić information content (AvgIpc) is 3.22. The number of aromatic nitrogens is 6. The smallest absolute Gasteiger partial charge is 0.475 e. The van der Waals surface area contributed by atoms with Crippen molar-refractivity contribution in [1.82, 2.24) is 35.3 Å². The Morgan fingerprint density at radius 2 is 2.00 bits per heavy atom. The standard InChI is InChI=1S/C20H29N9O.C2HF3O2/c1-3-4-9-20(24-25-20)10-11-21-18(17-14-28(12-13-30)23-15(17)2)19-22-26-27-29(19)16-7-5-6-8-16;3-2(4,5)1(6)7/h1,14,16,18,21,30H,4-13H2,2H3;(H,6,7). The molecule has 4 rings (SSSR count). The van der Waals surface area contributed by atoms with Gasteiger partial charge < -0.3 is 15.5 Å². The Labute approximate surface area is 211 Å². The highest BCUT2D eigenvalue weighted by Gasteiger charge is 2.39. The van der Waals surface area contributed by atoms with Crippen LogP contribution in [0.5, 0.6) is 0 Å². The number of hydrogen-bond donors (Lipinski definition) is 3. The molecular weight excluding hydrogens is 495 g/mol. The minimum absolute atomic E-state index is 0.0408. The third kappa shape index (κ3) is 7.56. The molecule has 202 valence electrons. The van der Waals surface area contributed by atoms with Crippen molar-refractivity contribution < 1.29 is 28.2 Å². The number of halogens is 3. The molecule has 0 radical (unpaired) electrons. The number of nitrogens with zero attached hydrogens (tertiary/aromatic N) is 8. The number of hydrogen-bond acceptors (Lipinski definition) is 9. The lowest BCUT2D eigenvalue weighted by molar-refractivity contribution is -0.192. The molecule has 15 heteroatoms. The number of aliphatic hydroxyl groups is 1. The van der Waals surface area contributed by atoms with Gasteiger partial charge in [-0.3, -0.25) is 4.68 Å². The van der Waals surface area contributed by atoms with Crippen molar-refractivity contribution in [2.24, 2.45) is 10.2 Å². The highest BCUT2D eigenvalue weighted by Crippen LogP contribution is 2.37. The zero-order valence-corrected chi connectivity index (χ0v) is 20.4. The van der Waals surface area contributed by atoms with Crippen molar-refractivity contribution in [3.05, 3.63) is 23.3 Å². The first-order chi connectivity index (χ1) is 17.6. The lowest BCUT2D eigenvalue weighted by Gasteiger charge is -2.21. The van der Waals surface area contributed by atoms with Crippen molar-refractivity contribution in [3.8, 4) is 12.3 Å². The SMILES string of the molecule is C#CCCC1(CCNC(c2cn(CCO)nc2C)c2nnnn2C2CCCC2)N=N1.O=C(O)C(F)(F)F. The molecule has 3 heterocycles. The van der Waals surface area contributed by atoms with Gasteiger partial charge in [-0.2, -0.15) is 28.5 Å². The van der Waals surface area contributed by atoms with Crippen LogP contribution in [-0.2, 0) is 11.3 Å². The van der Waals surface area contributed by atoms with Crippen molar-refractivity contribution in [2.75, 3.05) is 13.2 Å². The molecule has 1 aliphatic carbocycles. The van der Waals surface area contributed by atoms with Crippen LogP contribution in [0.15, 0.2) is 16.4 Å². The highest BCUT2D eigenvalue weighted by atomic mass is 19.4. The monoisotopic (exact) mass is 525 g/mol. The van der Waals surface area contributed by atoms with Gasteiger partial charge in [0.15, 0.2) is 11.5 Å². The van der Waals surface area contributed by atoms with Crippen LogP contribution >= 0.6 is 0 Å². The number of carboxylic acids is 1. The van der Waals surface area contributed by atoms with E-state index in [1.165, 1.54) is 12.8 Å². The van der Waals surface area contributed by atoms with Gasteiger partial charge >= 0.3 is 12.1 Å². The summed E-state index contributed by atoms with van der Waals surface area (Å²) in [5.41, 5.74) is 1.57. The largest absolute Gasteiger partial charge is 0.490 e. The molecule has 3 N–H and O–H groups in total. The van der Waals surface area contributed by atoms with Crippen molar-refractivity contribution >= 4 is 5.97 Å². The number of aliphatic hydroxyl groups excluding tert-OH is 1. The summed E-state index contributed by atoms with van der Waals surface area (Å²) in [7, 11) is 0. The van der Waals surface area contributed by atoms with E-state index in [0.29, 0.717) is 25.6 Å². The number of alkyl halides is 3. The zero-order chi connectivity index (χ0) is 27.1. The Bertz CT molecular complexity index is 1110. The van der Waals surface area contributed by atoms with Gasteiger partial charge in [0.2, 0.25) is 0 Å². The number of carbonyl (C=O) groups is 1. The summed E-state index contributed by atoms with van der Waals surface area (Å²) in [6.45, 7) is 3.17. The molecule has 1 saturated carbocycles. The van der Waals surface area contributed by atoms with Crippen molar-refractivity contribution in [2.45, 2.75) is 82.3 Å². The number of tetrazole rings is 1. The summed E-state index contributed by atoms with van der Waals surface area (Å²) in [5.74, 6) is 0.715. The highest BCUT2D eigenvalue weighted by molar-refractivity contribution is 5.73. The molecule has 1 unspecified atom stereocenters. The molecule has 0 bridgehead atoms. The van der Waals surface area contributed by atoms with Gasteiger partial charge in [0.1, 0.15) is 0 Å². The first kappa shape index (κ1) is 28.2. The lowest BCUT2D eigenvalue weighted by atomic mass is 10.0. The van der Waals surface area contributed by atoms with Gasteiger partial charge in [0.05, 0.1) is 30.9 Å². The van der Waals surface area contributed by atoms with Crippen LogP contribution < -0.4 is 5.32 Å². The molecule has 0 spiro atoms. The van der Waals surface area contributed by atoms with Crippen LogP contribution in [0.2, 0.25) is 0 Å². The Morgan fingerprint density at radius 1 is 1.32 bits per heavy atom. The molecule has 1 atom stereocenters. The molecule has 12 nitrogen and oxygen atoms in total. The molecule has 1 fully saturated rings. The van der Waals surface area contributed by atoms with Crippen LogP contribution in [-0.4, -0.2) is 71.2 Å². The van der Waals surface area contributed by atoms with E-state index in [-0.39, 0.29) is 18.3 Å². The first-order valence-corrected chi connectivity index (χ1v) is 11.9. The quantitative estimate of drug-likeness (QED) is 0.378. The summed E-state index contributed by atoms with van der Waals surface area (Å²) in [6, 6.07) is 0.138. The van der Waals surface area contributed by atoms with Gasteiger partial charge in [0, 0.05) is 37.6 Å². The molecule has 2 aromatic heterocycles. The van der Waals surface area contributed by atoms with Crippen LogP contribution in [0, 0.1) is 19.3 Å². The first-order valence-electron chi connectivity index (χ1n) is 11.9. The Kier molecular flexibility index (Phi) is 9.33. The molecule has 0 aromatic carbocycles. The van der Waals surface area contributed by atoms with Gasteiger partial charge in [-0.05, 0) is 30.2 Å². The summed E-state index contributed by atoms with van der Waals surface area (Å²) in [4.78, 5) is 8.90. The van der Waals surface area contributed by atoms with E-state index in [1.54, 1.807) is 4.68 Å². The Hall–Kier alpha value is -3.38. The number of aliphatic carboxylic acids is 1. The summed E-state index contributed by atoms with van der Waals surface area (Å²) in [5, 5.41) is 45.7. The topological polar surface area (TPSA) is 156 Å². The molecule has 0 amide bonds. The zero-order valence-electron chi connectivity index (χ0n) is 20.4. The fourth-order valence-electron chi connectivity index (χ4n) is 4.26. The number of aryl methyl sites for hydroxylation is 1. The fourth-order valence-corrected chi connectivity index (χ4v) is 4.26. The Balaban J connectivity index is 0.000000479. The molecule has 37 heavy (non-hydrogen) atoms. The number of rotatable bonds is 11. The maximum absolute atomic E-state index is 10.6. The van der Waals surface area contributed by atoms with Crippen molar-refractivity contribution in [3.63, 3.8) is 0 Å². The van der Waals surface area contributed by atoms with Crippen LogP contribution in [0.3, 0.4) is 0 Å². The van der Waals surface area contributed by atoms with E-state index in [2.05, 4.69) is 42.1 Å². The maximum Gasteiger partial charge on any atom is 0.490 e.